The summed E-state index contributed by atoms with van der Waals surface area (Å²) in [5.74, 6) is -2.20. The molecule has 180 valence electrons. The van der Waals surface area contributed by atoms with Crippen LogP contribution in [0.15, 0.2) is 58.3 Å². The van der Waals surface area contributed by atoms with Gasteiger partial charge < -0.3 is 20.0 Å². The standard InChI is InChI=1S/C22H25FN2S.C4H4O4/c1-15(2)16-5-7-21-19(12-16)20(25-10-8-24(3)9-11-25)13-17-4-6-18(23)14-22(17)26-21;5-3(6)1-2-4(7)8/h4-7,12-15H,8-11H2,1-3H3;1-2H,(H,5,6)(H,7,8)/b;2-1-. The molecule has 2 N–H and O–H groups in total. The molecule has 0 unspecified atom stereocenters. The highest BCUT2D eigenvalue weighted by Crippen LogP contribution is 2.42. The lowest BCUT2D eigenvalue weighted by Crippen LogP contribution is -2.43. The minimum absolute atomic E-state index is 0.173. The summed E-state index contributed by atoms with van der Waals surface area (Å²) in [5.41, 5.74) is 5.00. The molecule has 0 amide bonds. The van der Waals surface area contributed by atoms with Gasteiger partial charge in [0, 0.05) is 59.4 Å². The Morgan fingerprint density at radius 1 is 0.971 bits per heavy atom. The van der Waals surface area contributed by atoms with E-state index in [0.29, 0.717) is 18.1 Å². The lowest BCUT2D eigenvalue weighted by Gasteiger charge is -2.36. The number of fused-ring (bicyclic) bond motifs is 2. The quantitative estimate of drug-likeness (QED) is 0.599. The van der Waals surface area contributed by atoms with E-state index in [1.807, 2.05) is 6.07 Å². The molecule has 1 saturated heterocycles. The normalized spacial score (nSPS) is 15.7. The fraction of sp³-hybridized carbons (Fsp3) is 0.308. The molecule has 34 heavy (non-hydrogen) atoms. The van der Waals surface area contributed by atoms with Gasteiger partial charge >= 0.3 is 11.9 Å². The second-order valence-corrected chi connectivity index (χ2v) is 9.61. The van der Waals surface area contributed by atoms with Gasteiger partial charge in [0.05, 0.1) is 0 Å². The molecule has 0 spiro atoms. The third-order valence-electron chi connectivity index (χ3n) is 5.65. The van der Waals surface area contributed by atoms with Crippen molar-refractivity contribution in [2.24, 2.45) is 0 Å². The maximum absolute atomic E-state index is 13.8. The molecule has 2 aliphatic rings. The molecular weight excluding hydrogens is 455 g/mol. The average Bonchev–Trinajstić information content (AvgIpc) is 2.94. The molecule has 0 aromatic heterocycles. The molecule has 2 heterocycles. The first-order valence-corrected chi connectivity index (χ1v) is 11.9. The van der Waals surface area contributed by atoms with Gasteiger partial charge in [-0.15, -0.1) is 0 Å². The van der Waals surface area contributed by atoms with Crippen LogP contribution in [0.1, 0.15) is 36.5 Å². The van der Waals surface area contributed by atoms with Crippen molar-refractivity contribution in [3.63, 3.8) is 0 Å². The maximum atomic E-state index is 13.8. The van der Waals surface area contributed by atoms with Crippen LogP contribution in [0.4, 0.5) is 4.39 Å². The molecule has 4 rings (SSSR count). The number of carboxylic acid groups (broad SMARTS) is 2. The highest BCUT2D eigenvalue weighted by atomic mass is 32.2. The monoisotopic (exact) mass is 484 g/mol. The summed E-state index contributed by atoms with van der Waals surface area (Å²) in [6.07, 6.45) is 3.37. The van der Waals surface area contributed by atoms with Crippen LogP contribution in [0, 0.1) is 5.82 Å². The first kappa shape index (κ1) is 25.5. The van der Waals surface area contributed by atoms with Crippen molar-refractivity contribution in [3.8, 4) is 0 Å². The Kier molecular flexibility index (Phi) is 8.52. The molecule has 0 bridgehead atoms. The summed E-state index contributed by atoms with van der Waals surface area (Å²) in [6, 6.07) is 11.9. The van der Waals surface area contributed by atoms with Crippen molar-refractivity contribution in [3.05, 3.63) is 71.1 Å². The van der Waals surface area contributed by atoms with E-state index in [-0.39, 0.29) is 5.82 Å². The van der Waals surface area contributed by atoms with Gasteiger partial charge in [-0.3, -0.25) is 0 Å². The molecule has 6 nitrogen and oxygen atoms in total. The number of carbonyl (C=O) groups is 2. The average molecular weight is 485 g/mol. The van der Waals surface area contributed by atoms with Crippen LogP contribution >= 0.6 is 11.8 Å². The van der Waals surface area contributed by atoms with E-state index in [2.05, 4.69) is 55.0 Å². The highest BCUT2D eigenvalue weighted by molar-refractivity contribution is 7.99. The first-order valence-electron chi connectivity index (χ1n) is 11.0. The van der Waals surface area contributed by atoms with Crippen molar-refractivity contribution >= 4 is 35.5 Å². The van der Waals surface area contributed by atoms with Crippen molar-refractivity contribution in [2.45, 2.75) is 29.6 Å². The third-order valence-corrected chi connectivity index (χ3v) is 6.80. The van der Waals surface area contributed by atoms with E-state index in [1.54, 1.807) is 23.9 Å². The topological polar surface area (TPSA) is 81.1 Å². The van der Waals surface area contributed by atoms with Crippen LogP contribution < -0.4 is 0 Å². The maximum Gasteiger partial charge on any atom is 0.328 e. The fourth-order valence-electron chi connectivity index (χ4n) is 3.71. The van der Waals surface area contributed by atoms with Gasteiger partial charge in [0.1, 0.15) is 5.82 Å². The number of rotatable bonds is 4. The largest absolute Gasteiger partial charge is 0.478 e. The van der Waals surface area contributed by atoms with Crippen LogP contribution in [-0.2, 0) is 9.59 Å². The zero-order chi connectivity index (χ0) is 24.8. The number of halogens is 1. The lowest BCUT2D eigenvalue weighted by molar-refractivity contribution is -0.134. The molecule has 0 radical (unpaired) electrons. The Balaban J connectivity index is 0.000000350. The lowest BCUT2D eigenvalue weighted by atomic mass is 9.98. The van der Waals surface area contributed by atoms with Crippen LogP contribution in [0.5, 0.6) is 0 Å². The van der Waals surface area contributed by atoms with Crippen LogP contribution in [-0.4, -0.2) is 65.2 Å². The summed E-state index contributed by atoms with van der Waals surface area (Å²) >= 11 is 1.68. The van der Waals surface area contributed by atoms with Crippen LogP contribution in [0.3, 0.4) is 0 Å². The highest BCUT2D eigenvalue weighted by Gasteiger charge is 2.23. The number of aliphatic carboxylic acids is 2. The van der Waals surface area contributed by atoms with Crippen molar-refractivity contribution in [1.82, 2.24) is 9.80 Å². The van der Waals surface area contributed by atoms with E-state index < -0.39 is 11.9 Å². The van der Waals surface area contributed by atoms with E-state index >= 15 is 0 Å². The van der Waals surface area contributed by atoms with E-state index in [4.69, 9.17) is 10.2 Å². The van der Waals surface area contributed by atoms with Gasteiger partial charge in [0.25, 0.3) is 0 Å². The number of benzene rings is 2. The number of hydrogen-bond donors (Lipinski definition) is 2. The summed E-state index contributed by atoms with van der Waals surface area (Å²) in [6.45, 7) is 8.65. The Labute approximate surface area is 203 Å². The second-order valence-electron chi connectivity index (χ2n) is 8.52. The molecule has 2 aliphatic heterocycles. The summed E-state index contributed by atoms with van der Waals surface area (Å²) in [7, 11) is 2.18. The molecule has 0 aliphatic carbocycles. The van der Waals surface area contributed by atoms with E-state index in [0.717, 1.165) is 36.6 Å². The third kappa shape index (κ3) is 6.71. The Hall–Kier alpha value is -3.10. The summed E-state index contributed by atoms with van der Waals surface area (Å²) in [5, 5.41) is 15.6. The smallest absolute Gasteiger partial charge is 0.328 e. The molecule has 0 saturated carbocycles. The molecule has 2 aromatic rings. The van der Waals surface area contributed by atoms with Crippen LogP contribution in [0.25, 0.3) is 11.8 Å². The summed E-state index contributed by atoms with van der Waals surface area (Å²) in [4.78, 5) is 26.2. The fourth-order valence-corrected chi connectivity index (χ4v) is 4.77. The molecular formula is C26H29FN2O4S. The molecule has 2 aromatic carbocycles. The second kappa shape index (κ2) is 11.4. The van der Waals surface area contributed by atoms with Gasteiger partial charge in [-0.1, -0.05) is 37.7 Å². The SMILES string of the molecule is CC(C)c1ccc2c(c1)C(N1CCN(C)CC1)=Cc1ccc(F)cc1S2.O=C(O)/C=C\C(=O)O. The number of hydrogen-bond acceptors (Lipinski definition) is 5. The van der Waals surface area contributed by atoms with E-state index in [1.165, 1.54) is 21.7 Å². The van der Waals surface area contributed by atoms with Gasteiger partial charge in [-0.25, -0.2) is 14.0 Å². The van der Waals surface area contributed by atoms with Gasteiger partial charge in [-0.2, -0.15) is 0 Å². The Morgan fingerprint density at radius 2 is 1.62 bits per heavy atom. The number of likely N-dealkylation sites (N-methyl/N-ethyl adjacent to an activating group) is 1. The minimum atomic E-state index is -1.26. The van der Waals surface area contributed by atoms with Crippen LogP contribution in [0.2, 0.25) is 0 Å². The molecule has 0 atom stereocenters. The zero-order valence-electron chi connectivity index (χ0n) is 19.5. The van der Waals surface area contributed by atoms with Crippen molar-refractivity contribution in [2.75, 3.05) is 33.2 Å². The summed E-state index contributed by atoms with van der Waals surface area (Å²) < 4.78 is 13.8. The number of nitrogens with zero attached hydrogens (tertiary/aromatic N) is 2. The first-order chi connectivity index (χ1) is 16.1. The predicted molar refractivity (Wildman–Crippen MR) is 132 cm³/mol. The zero-order valence-corrected chi connectivity index (χ0v) is 20.3. The van der Waals surface area contributed by atoms with Crippen molar-refractivity contribution < 1.29 is 24.2 Å². The predicted octanol–water partition coefficient (Wildman–Crippen LogP) is 4.87. The molecule has 1 fully saturated rings. The van der Waals surface area contributed by atoms with Crippen molar-refractivity contribution in [1.29, 1.82) is 0 Å². The number of piperazine rings is 1. The van der Waals surface area contributed by atoms with Gasteiger partial charge in [0.2, 0.25) is 0 Å². The molecule has 8 heteroatoms. The minimum Gasteiger partial charge on any atom is -0.478 e. The van der Waals surface area contributed by atoms with Gasteiger partial charge in [-0.05, 0) is 54.4 Å². The number of carboxylic acids is 2. The van der Waals surface area contributed by atoms with Gasteiger partial charge in [0.15, 0.2) is 0 Å². The Bertz CT molecular complexity index is 1110. The Morgan fingerprint density at radius 3 is 2.21 bits per heavy atom. The van der Waals surface area contributed by atoms with E-state index in [9.17, 15) is 14.0 Å².